The first kappa shape index (κ1) is 19.4. The normalized spacial score (nSPS) is 14.7. The van der Waals surface area contributed by atoms with E-state index < -0.39 is 0 Å². The molecule has 2 aromatic heterocycles. The number of likely N-dealkylation sites (N-methyl/N-ethyl adjacent to an activating group) is 1. The molecule has 0 unspecified atom stereocenters. The average Bonchev–Trinajstić information content (AvgIpc) is 2.77. The number of aromatic nitrogens is 2. The standard InChI is InChI=1S/C22H23ClN6/c1-2-28-7-9-29(10-8-28)21-6-3-16(13-26-21)14-27-22-17(12-24)15-25-20-5-4-18(23)11-19(20)22/h3-6,11,13,15H,2,7-10,14H2,1H3,(H,25,27). The van der Waals surface area contributed by atoms with Gasteiger partial charge in [-0.1, -0.05) is 24.6 Å². The lowest BCUT2D eigenvalue weighted by atomic mass is 10.1. The van der Waals surface area contributed by atoms with Crippen LogP contribution in [-0.4, -0.2) is 47.6 Å². The van der Waals surface area contributed by atoms with E-state index in [4.69, 9.17) is 11.6 Å². The molecule has 0 atom stereocenters. The molecule has 0 bridgehead atoms. The van der Waals surface area contributed by atoms with Crippen LogP contribution in [0.25, 0.3) is 10.9 Å². The lowest BCUT2D eigenvalue weighted by Crippen LogP contribution is -2.46. The van der Waals surface area contributed by atoms with Crippen LogP contribution in [0.15, 0.2) is 42.7 Å². The summed E-state index contributed by atoms with van der Waals surface area (Å²) in [6.07, 6.45) is 3.49. The highest BCUT2D eigenvalue weighted by Gasteiger charge is 2.16. The third kappa shape index (κ3) is 4.26. The number of hydrogen-bond acceptors (Lipinski definition) is 6. The first-order valence-corrected chi connectivity index (χ1v) is 10.2. The number of nitrogens with zero attached hydrogens (tertiary/aromatic N) is 5. The Morgan fingerprint density at radius 1 is 1.10 bits per heavy atom. The van der Waals surface area contributed by atoms with Gasteiger partial charge < -0.3 is 15.1 Å². The number of benzene rings is 1. The molecule has 4 rings (SSSR count). The Morgan fingerprint density at radius 2 is 1.93 bits per heavy atom. The van der Waals surface area contributed by atoms with Crippen molar-refractivity contribution in [1.82, 2.24) is 14.9 Å². The van der Waals surface area contributed by atoms with Gasteiger partial charge in [-0.25, -0.2) is 4.98 Å². The molecule has 1 aliphatic heterocycles. The summed E-state index contributed by atoms with van der Waals surface area (Å²) in [5.41, 5.74) is 3.10. The van der Waals surface area contributed by atoms with Crippen LogP contribution < -0.4 is 10.2 Å². The van der Waals surface area contributed by atoms with Crippen molar-refractivity contribution in [3.63, 3.8) is 0 Å². The maximum Gasteiger partial charge on any atom is 0.128 e. The van der Waals surface area contributed by atoms with Crippen LogP contribution in [-0.2, 0) is 6.54 Å². The number of pyridine rings is 2. The molecule has 1 aliphatic rings. The Balaban J connectivity index is 1.48. The number of rotatable bonds is 5. The fourth-order valence-corrected chi connectivity index (χ4v) is 3.80. The maximum atomic E-state index is 9.48. The summed E-state index contributed by atoms with van der Waals surface area (Å²) in [5, 5.41) is 14.3. The highest BCUT2D eigenvalue weighted by molar-refractivity contribution is 6.31. The minimum atomic E-state index is 0.498. The van der Waals surface area contributed by atoms with Gasteiger partial charge in [-0.3, -0.25) is 4.98 Å². The summed E-state index contributed by atoms with van der Waals surface area (Å²) in [6.45, 7) is 8.05. The summed E-state index contributed by atoms with van der Waals surface area (Å²) < 4.78 is 0. The van der Waals surface area contributed by atoms with Gasteiger partial charge in [-0.2, -0.15) is 5.26 Å². The van der Waals surface area contributed by atoms with Gasteiger partial charge in [0.1, 0.15) is 11.9 Å². The van der Waals surface area contributed by atoms with Gasteiger partial charge in [0, 0.05) is 55.5 Å². The van der Waals surface area contributed by atoms with Gasteiger partial charge in [0.2, 0.25) is 0 Å². The van der Waals surface area contributed by atoms with E-state index in [2.05, 4.69) is 50.2 Å². The number of halogens is 1. The summed E-state index contributed by atoms with van der Waals surface area (Å²) in [5.74, 6) is 1.02. The Hall–Kier alpha value is -2.88. The van der Waals surface area contributed by atoms with Gasteiger partial charge >= 0.3 is 0 Å². The summed E-state index contributed by atoms with van der Waals surface area (Å²) in [4.78, 5) is 13.8. The van der Waals surface area contributed by atoms with Gasteiger partial charge in [-0.05, 0) is 36.4 Å². The van der Waals surface area contributed by atoms with Crippen LogP contribution >= 0.6 is 11.6 Å². The number of anilines is 2. The van der Waals surface area contributed by atoms with Gasteiger partial charge in [0.25, 0.3) is 0 Å². The first-order valence-electron chi connectivity index (χ1n) is 9.82. The second kappa shape index (κ2) is 8.64. The SMILES string of the molecule is CCN1CCN(c2ccc(CNc3c(C#N)cnc4ccc(Cl)cc34)cn2)CC1. The zero-order valence-corrected chi connectivity index (χ0v) is 17.2. The van der Waals surface area contributed by atoms with Crippen molar-refractivity contribution in [3.05, 3.63) is 58.9 Å². The van der Waals surface area contributed by atoms with Gasteiger partial charge in [0.05, 0.1) is 16.8 Å². The van der Waals surface area contributed by atoms with Crippen molar-refractivity contribution >= 4 is 34.0 Å². The zero-order chi connectivity index (χ0) is 20.2. The highest BCUT2D eigenvalue weighted by atomic mass is 35.5. The zero-order valence-electron chi connectivity index (χ0n) is 16.4. The predicted molar refractivity (Wildman–Crippen MR) is 117 cm³/mol. The van der Waals surface area contributed by atoms with Crippen molar-refractivity contribution in [3.8, 4) is 6.07 Å². The molecule has 1 fully saturated rings. The molecule has 0 radical (unpaired) electrons. The van der Waals surface area contributed by atoms with Gasteiger partial charge in [0.15, 0.2) is 0 Å². The van der Waals surface area contributed by atoms with Crippen LogP contribution in [0.1, 0.15) is 18.1 Å². The van der Waals surface area contributed by atoms with E-state index >= 15 is 0 Å². The van der Waals surface area contributed by atoms with E-state index in [0.29, 0.717) is 17.1 Å². The first-order chi connectivity index (χ1) is 14.2. The molecule has 3 heterocycles. The average molecular weight is 407 g/mol. The number of fused-ring (bicyclic) bond motifs is 1. The molecule has 0 spiro atoms. The number of nitriles is 1. The van der Waals surface area contributed by atoms with Crippen LogP contribution in [0.5, 0.6) is 0 Å². The molecule has 3 aromatic rings. The van der Waals surface area contributed by atoms with E-state index in [1.807, 2.05) is 18.3 Å². The number of hydrogen-bond donors (Lipinski definition) is 1. The summed E-state index contributed by atoms with van der Waals surface area (Å²) >= 11 is 6.16. The highest BCUT2D eigenvalue weighted by Crippen LogP contribution is 2.28. The Labute approximate surface area is 175 Å². The molecule has 148 valence electrons. The Kier molecular flexibility index (Phi) is 5.79. The van der Waals surface area contributed by atoms with E-state index in [1.165, 1.54) is 0 Å². The fourth-order valence-electron chi connectivity index (χ4n) is 3.63. The maximum absolute atomic E-state index is 9.48. The minimum Gasteiger partial charge on any atom is -0.379 e. The molecular weight excluding hydrogens is 384 g/mol. The van der Waals surface area contributed by atoms with Crippen molar-refractivity contribution in [1.29, 1.82) is 5.26 Å². The topological polar surface area (TPSA) is 68.1 Å². The van der Waals surface area contributed by atoms with Crippen molar-refractivity contribution in [2.75, 3.05) is 42.9 Å². The Morgan fingerprint density at radius 3 is 2.62 bits per heavy atom. The van der Waals surface area contributed by atoms with Crippen molar-refractivity contribution < 1.29 is 0 Å². The van der Waals surface area contributed by atoms with Crippen LogP contribution in [0.2, 0.25) is 5.02 Å². The van der Waals surface area contributed by atoms with Crippen LogP contribution in [0.4, 0.5) is 11.5 Å². The molecule has 0 amide bonds. The van der Waals surface area contributed by atoms with E-state index in [1.54, 1.807) is 12.3 Å². The largest absolute Gasteiger partial charge is 0.379 e. The molecular formula is C22H23ClN6. The van der Waals surface area contributed by atoms with Crippen molar-refractivity contribution in [2.24, 2.45) is 0 Å². The van der Waals surface area contributed by atoms with Crippen molar-refractivity contribution in [2.45, 2.75) is 13.5 Å². The minimum absolute atomic E-state index is 0.498. The number of piperazine rings is 1. The smallest absolute Gasteiger partial charge is 0.128 e. The lowest BCUT2D eigenvalue weighted by molar-refractivity contribution is 0.270. The molecule has 29 heavy (non-hydrogen) atoms. The molecule has 7 heteroatoms. The Bertz CT molecular complexity index is 1040. The quantitative estimate of drug-likeness (QED) is 0.692. The predicted octanol–water partition coefficient (Wildman–Crippen LogP) is 3.91. The second-order valence-electron chi connectivity index (χ2n) is 7.12. The third-order valence-electron chi connectivity index (χ3n) is 5.37. The summed E-state index contributed by atoms with van der Waals surface area (Å²) in [7, 11) is 0. The molecule has 6 nitrogen and oxygen atoms in total. The molecule has 0 aliphatic carbocycles. The lowest BCUT2D eigenvalue weighted by Gasteiger charge is -2.34. The second-order valence-corrected chi connectivity index (χ2v) is 7.56. The molecule has 1 aromatic carbocycles. The van der Waals surface area contributed by atoms with Crippen LogP contribution in [0, 0.1) is 11.3 Å². The van der Waals surface area contributed by atoms with Gasteiger partial charge in [-0.15, -0.1) is 0 Å². The van der Waals surface area contributed by atoms with Crippen LogP contribution in [0.3, 0.4) is 0 Å². The monoisotopic (exact) mass is 406 g/mol. The van der Waals surface area contributed by atoms with E-state index in [0.717, 1.165) is 60.7 Å². The number of nitrogens with one attached hydrogen (secondary N) is 1. The van der Waals surface area contributed by atoms with E-state index in [9.17, 15) is 5.26 Å². The summed E-state index contributed by atoms with van der Waals surface area (Å²) in [6, 6.07) is 11.9. The molecule has 1 N–H and O–H groups in total. The molecule has 1 saturated heterocycles. The molecule has 0 saturated carbocycles. The fraction of sp³-hybridized carbons (Fsp3) is 0.318. The third-order valence-corrected chi connectivity index (χ3v) is 5.61. The van der Waals surface area contributed by atoms with E-state index in [-0.39, 0.29) is 0 Å².